The zero-order valence-electron chi connectivity index (χ0n) is 11.8. The number of hydrogen-bond donors (Lipinski definition) is 1. The second-order valence-corrected chi connectivity index (χ2v) is 5.39. The second kappa shape index (κ2) is 4.45. The fourth-order valence-electron chi connectivity index (χ4n) is 3.19. The van der Waals surface area contributed by atoms with Crippen molar-refractivity contribution in [1.29, 1.82) is 0 Å². The molecule has 21 heavy (non-hydrogen) atoms. The number of imidazole rings is 1. The van der Waals surface area contributed by atoms with Crippen LogP contribution in [0.25, 0.3) is 17.0 Å². The molecule has 1 aliphatic carbocycles. The molecule has 1 aromatic carbocycles. The predicted octanol–water partition coefficient (Wildman–Crippen LogP) is 3.11. The lowest BCUT2D eigenvalue weighted by molar-refractivity contribution is 0.102. The van der Waals surface area contributed by atoms with E-state index >= 15 is 0 Å². The molecule has 4 rings (SSSR count). The first kappa shape index (κ1) is 12.1. The monoisotopic (exact) mass is 277 g/mol. The van der Waals surface area contributed by atoms with E-state index in [9.17, 15) is 4.79 Å². The van der Waals surface area contributed by atoms with E-state index in [1.807, 2.05) is 31.3 Å². The van der Waals surface area contributed by atoms with Gasteiger partial charge < -0.3 is 9.55 Å². The van der Waals surface area contributed by atoms with Crippen molar-refractivity contribution >= 4 is 22.8 Å². The van der Waals surface area contributed by atoms with Gasteiger partial charge in [-0.2, -0.15) is 0 Å². The van der Waals surface area contributed by atoms with Crippen molar-refractivity contribution in [3.05, 3.63) is 59.3 Å². The lowest BCUT2D eigenvalue weighted by atomic mass is 9.89. The summed E-state index contributed by atoms with van der Waals surface area (Å²) in [7, 11) is 2.04. The number of ketones is 1. The minimum absolute atomic E-state index is 0.135. The van der Waals surface area contributed by atoms with Crippen LogP contribution in [0.4, 0.5) is 0 Å². The molecule has 3 aromatic rings. The molecule has 4 heteroatoms. The van der Waals surface area contributed by atoms with E-state index < -0.39 is 0 Å². The quantitative estimate of drug-likeness (QED) is 0.695. The van der Waals surface area contributed by atoms with Gasteiger partial charge in [-0.3, -0.25) is 4.79 Å². The average Bonchev–Trinajstić information content (AvgIpc) is 3.10. The summed E-state index contributed by atoms with van der Waals surface area (Å²) < 4.78 is 2.15. The number of Topliss-reactive ketones (excluding diaryl/α,β-unsaturated/α-hetero) is 1. The van der Waals surface area contributed by atoms with Crippen molar-refractivity contribution < 1.29 is 4.79 Å². The van der Waals surface area contributed by atoms with E-state index in [-0.39, 0.29) is 5.78 Å². The lowest BCUT2D eigenvalue weighted by Gasteiger charge is -2.15. The van der Waals surface area contributed by atoms with Crippen LogP contribution in [0.3, 0.4) is 0 Å². The van der Waals surface area contributed by atoms with Gasteiger partial charge in [-0.25, -0.2) is 4.98 Å². The van der Waals surface area contributed by atoms with Crippen LogP contribution in [0.15, 0.2) is 42.4 Å². The van der Waals surface area contributed by atoms with Gasteiger partial charge >= 0.3 is 0 Å². The molecule has 0 aliphatic heterocycles. The number of para-hydroxylation sites is 1. The van der Waals surface area contributed by atoms with Gasteiger partial charge in [0.1, 0.15) is 0 Å². The normalized spacial score (nSPS) is 16.6. The van der Waals surface area contributed by atoms with Crippen molar-refractivity contribution in [1.82, 2.24) is 14.5 Å². The molecule has 0 saturated carbocycles. The van der Waals surface area contributed by atoms with E-state index in [2.05, 4.69) is 20.6 Å². The van der Waals surface area contributed by atoms with E-state index in [0.717, 1.165) is 46.3 Å². The molecule has 0 bridgehead atoms. The smallest absolute Gasteiger partial charge is 0.191 e. The van der Waals surface area contributed by atoms with Gasteiger partial charge in [0.05, 0.1) is 17.6 Å². The first-order valence-corrected chi connectivity index (χ1v) is 7.06. The van der Waals surface area contributed by atoms with E-state index in [1.165, 1.54) is 0 Å². The highest BCUT2D eigenvalue weighted by atomic mass is 16.1. The molecule has 0 spiro atoms. The summed E-state index contributed by atoms with van der Waals surface area (Å²) in [5.41, 5.74) is 4.77. The van der Waals surface area contributed by atoms with Gasteiger partial charge in [-0.05, 0) is 25.0 Å². The van der Waals surface area contributed by atoms with E-state index in [0.29, 0.717) is 0 Å². The maximum atomic E-state index is 12.9. The zero-order chi connectivity index (χ0) is 14.4. The lowest BCUT2D eigenvalue weighted by Crippen LogP contribution is -2.15. The average molecular weight is 277 g/mol. The van der Waals surface area contributed by atoms with Crippen molar-refractivity contribution in [2.24, 2.45) is 7.05 Å². The van der Waals surface area contributed by atoms with Crippen LogP contribution in [-0.4, -0.2) is 20.3 Å². The third kappa shape index (κ3) is 1.76. The van der Waals surface area contributed by atoms with Crippen molar-refractivity contribution in [2.45, 2.75) is 12.8 Å². The summed E-state index contributed by atoms with van der Waals surface area (Å²) >= 11 is 0. The Hall–Kier alpha value is -2.62. The number of hydrogen-bond acceptors (Lipinski definition) is 2. The Morgan fingerprint density at radius 2 is 2.14 bits per heavy atom. The van der Waals surface area contributed by atoms with Crippen LogP contribution in [0.2, 0.25) is 0 Å². The molecule has 104 valence electrons. The van der Waals surface area contributed by atoms with Gasteiger partial charge in [0.25, 0.3) is 0 Å². The van der Waals surface area contributed by atoms with Crippen LogP contribution in [-0.2, 0) is 13.5 Å². The Morgan fingerprint density at radius 1 is 1.29 bits per heavy atom. The van der Waals surface area contributed by atoms with Crippen molar-refractivity contribution in [3.8, 4) is 0 Å². The number of fused-ring (bicyclic) bond motifs is 3. The molecule has 0 radical (unpaired) electrons. The standard InChI is InChI=1S/C17H15N3O/c1-20-14-5-3-2-4-13(14)16-15(20)7-6-11(17(16)21)8-12-9-18-10-19-12/h2-5,8-10H,6-7H2,1H3,(H,18,19)/b11-8+. The Kier molecular flexibility index (Phi) is 2.57. The van der Waals surface area contributed by atoms with Gasteiger partial charge in [0.2, 0.25) is 0 Å². The van der Waals surface area contributed by atoms with Crippen LogP contribution in [0, 0.1) is 0 Å². The molecule has 0 unspecified atom stereocenters. The number of rotatable bonds is 1. The summed E-state index contributed by atoms with van der Waals surface area (Å²) in [4.78, 5) is 19.9. The number of aryl methyl sites for hydroxylation is 1. The number of H-pyrrole nitrogens is 1. The molecule has 0 atom stereocenters. The SMILES string of the molecule is Cn1c2c(c3ccccc31)C(=O)/C(=C/c1c[nH]cn1)CC2. The summed E-state index contributed by atoms with van der Waals surface area (Å²) in [5, 5.41) is 1.05. The molecule has 2 aromatic heterocycles. The summed E-state index contributed by atoms with van der Waals surface area (Å²) in [6.07, 6.45) is 6.98. The van der Waals surface area contributed by atoms with Crippen LogP contribution in [0.1, 0.15) is 28.2 Å². The molecule has 0 fully saturated rings. The molecule has 0 amide bonds. The molecule has 1 N–H and O–H groups in total. The summed E-state index contributed by atoms with van der Waals surface area (Å²) in [6, 6.07) is 8.10. The highest BCUT2D eigenvalue weighted by Crippen LogP contribution is 2.33. The largest absolute Gasteiger partial charge is 0.351 e. The number of nitrogens with one attached hydrogen (secondary N) is 1. The molecule has 0 saturated heterocycles. The highest BCUT2D eigenvalue weighted by Gasteiger charge is 2.27. The number of carbonyl (C=O) groups excluding carboxylic acids is 1. The molecular formula is C17H15N3O. The highest BCUT2D eigenvalue weighted by molar-refractivity contribution is 6.19. The third-order valence-corrected chi connectivity index (χ3v) is 4.22. The number of aromatic amines is 1. The Morgan fingerprint density at radius 3 is 2.95 bits per heavy atom. The maximum Gasteiger partial charge on any atom is 0.191 e. The van der Waals surface area contributed by atoms with Crippen LogP contribution < -0.4 is 0 Å². The Bertz CT molecular complexity index is 869. The van der Waals surface area contributed by atoms with Crippen LogP contribution in [0.5, 0.6) is 0 Å². The fourth-order valence-corrected chi connectivity index (χ4v) is 3.19. The Balaban J connectivity index is 1.90. The van der Waals surface area contributed by atoms with Gasteiger partial charge in [0, 0.05) is 35.4 Å². The van der Waals surface area contributed by atoms with E-state index in [1.54, 1.807) is 12.5 Å². The second-order valence-electron chi connectivity index (χ2n) is 5.39. The summed E-state index contributed by atoms with van der Waals surface area (Å²) in [6.45, 7) is 0. The van der Waals surface area contributed by atoms with E-state index in [4.69, 9.17) is 0 Å². The first-order valence-electron chi connectivity index (χ1n) is 7.06. The number of carbonyl (C=O) groups is 1. The number of allylic oxidation sites excluding steroid dienone is 1. The molecule has 1 aliphatic rings. The molecular weight excluding hydrogens is 262 g/mol. The molecule has 2 heterocycles. The zero-order valence-corrected chi connectivity index (χ0v) is 11.8. The Labute approximate surface area is 122 Å². The molecule has 4 nitrogen and oxygen atoms in total. The topological polar surface area (TPSA) is 50.7 Å². The maximum absolute atomic E-state index is 12.9. The fraction of sp³-hybridized carbons (Fsp3) is 0.176. The minimum atomic E-state index is 0.135. The number of benzene rings is 1. The van der Waals surface area contributed by atoms with Gasteiger partial charge in [-0.15, -0.1) is 0 Å². The number of aromatic nitrogens is 3. The first-order chi connectivity index (χ1) is 10.3. The minimum Gasteiger partial charge on any atom is -0.351 e. The van der Waals surface area contributed by atoms with Gasteiger partial charge in [-0.1, -0.05) is 18.2 Å². The predicted molar refractivity (Wildman–Crippen MR) is 82.1 cm³/mol. The number of nitrogens with zero attached hydrogens (tertiary/aromatic N) is 2. The third-order valence-electron chi connectivity index (χ3n) is 4.22. The van der Waals surface area contributed by atoms with Gasteiger partial charge in [0.15, 0.2) is 5.78 Å². The van der Waals surface area contributed by atoms with Crippen molar-refractivity contribution in [2.75, 3.05) is 0 Å². The van der Waals surface area contributed by atoms with Crippen molar-refractivity contribution in [3.63, 3.8) is 0 Å². The summed E-state index contributed by atoms with van der Waals surface area (Å²) in [5.74, 6) is 0.135. The van der Waals surface area contributed by atoms with Crippen LogP contribution >= 0.6 is 0 Å².